The van der Waals surface area contributed by atoms with Crippen molar-refractivity contribution in [3.8, 4) is 0 Å². The van der Waals surface area contributed by atoms with Crippen LogP contribution in [0.15, 0.2) is 18.2 Å². The van der Waals surface area contributed by atoms with E-state index in [1.807, 2.05) is 11.8 Å². The number of carbonyl (C=O) groups excluding carboxylic acids is 1. The van der Waals surface area contributed by atoms with Crippen LogP contribution in [0.3, 0.4) is 0 Å². The summed E-state index contributed by atoms with van der Waals surface area (Å²) in [6.45, 7) is 2.76. The van der Waals surface area contributed by atoms with Crippen molar-refractivity contribution in [3.63, 3.8) is 0 Å². The highest BCUT2D eigenvalue weighted by Crippen LogP contribution is 2.36. The minimum atomic E-state index is -4.57. The van der Waals surface area contributed by atoms with Gasteiger partial charge in [0.05, 0.1) is 17.8 Å². The Labute approximate surface area is 145 Å². The van der Waals surface area contributed by atoms with E-state index >= 15 is 0 Å². The maximum atomic E-state index is 13.1. The Morgan fingerprint density at radius 2 is 1.96 bits per heavy atom. The molecule has 7 heteroatoms. The van der Waals surface area contributed by atoms with Gasteiger partial charge in [-0.25, -0.2) is 0 Å². The summed E-state index contributed by atoms with van der Waals surface area (Å²) in [5.41, 5.74) is -1.18. The van der Waals surface area contributed by atoms with Gasteiger partial charge in [-0.2, -0.15) is 13.2 Å². The highest BCUT2D eigenvalue weighted by molar-refractivity contribution is 6.30. The molecule has 24 heavy (non-hydrogen) atoms. The SMILES string of the molecule is CCN(CC(=O)Nc1ccc(Cl)cc1C(F)(F)F)C1CCCCC1. The number of alkyl halides is 3. The monoisotopic (exact) mass is 362 g/mol. The van der Waals surface area contributed by atoms with Crippen molar-refractivity contribution in [2.75, 3.05) is 18.4 Å². The molecule has 3 nitrogen and oxygen atoms in total. The summed E-state index contributed by atoms with van der Waals surface area (Å²) in [4.78, 5) is 14.3. The van der Waals surface area contributed by atoms with Crippen LogP contribution in [-0.4, -0.2) is 29.9 Å². The van der Waals surface area contributed by atoms with Crippen molar-refractivity contribution in [1.82, 2.24) is 4.90 Å². The average molecular weight is 363 g/mol. The Kier molecular flexibility index (Phi) is 6.52. The summed E-state index contributed by atoms with van der Waals surface area (Å²) in [6, 6.07) is 3.70. The molecule has 1 aliphatic rings. The van der Waals surface area contributed by atoms with Gasteiger partial charge < -0.3 is 5.32 Å². The van der Waals surface area contributed by atoms with Gasteiger partial charge in [-0.05, 0) is 37.6 Å². The molecule has 1 amide bonds. The number of hydrogen-bond donors (Lipinski definition) is 1. The van der Waals surface area contributed by atoms with Gasteiger partial charge in [-0.15, -0.1) is 0 Å². The van der Waals surface area contributed by atoms with Crippen molar-refractivity contribution in [1.29, 1.82) is 0 Å². The molecule has 1 aromatic carbocycles. The molecule has 1 aliphatic carbocycles. The number of anilines is 1. The first-order valence-corrected chi connectivity index (χ1v) is 8.59. The molecule has 1 saturated carbocycles. The number of rotatable bonds is 5. The summed E-state index contributed by atoms with van der Waals surface area (Å²) < 4.78 is 39.2. The Hall–Kier alpha value is -1.27. The van der Waals surface area contributed by atoms with Crippen LogP contribution in [-0.2, 0) is 11.0 Å². The van der Waals surface area contributed by atoms with Crippen LogP contribution in [0.5, 0.6) is 0 Å². The predicted molar refractivity (Wildman–Crippen MR) is 89.2 cm³/mol. The van der Waals surface area contributed by atoms with Crippen molar-refractivity contribution < 1.29 is 18.0 Å². The highest BCUT2D eigenvalue weighted by Gasteiger charge is 2.34. The zero-order valence-corrected chi connectivity index (χ0v) is 14.4. The van der Waals surface area contributed by atoms with Crippen molar-refractivity contribution in [2.24, 2.45) is 0 Å². The number of nitrogens with zero attached hydrogens (tertiary/aromatic N) is 1. The zero-order valence-electron chi connectivity index (χ0n) is 13.6. The van der Waals surface area contributed by atoms with Crippen molar-refractivity contribution >= 4 is 23.2 Å². The maximum Gasteiger partial charge on any atom is 0.418 e. The van der Waals surface area contributed by atoms with Crippen LogP contribution in [0.2, 0.25) is 5.02 Å². The van der Waals surface area contributed by atoms with E-state index in [1.165, 1.54) is 18.6 Å². The zero-order chi connectivity index (χ0) is 17.7. The fourth-order valence-corrected chi connectivity index (χ4v) is 3.35. The molecule has 0 unspecified atom stereocenters. The van der Waals surface area contributed by atoms with E-state index in [-0.39, 0.29) is 17.3 Å². The van der Waals surface area contributed by atoms with E-state index in [0.717, 1.165) is 31.7 Å². The first-order valence-electron chi connectivity index (χ1n) is 8.22. The molecule has 0 atom stereocenters. The van der Waals surface area contributed by atoms with E-state index < -0.39 is 17.6 Å². The third-order valence-electron chi connectivity index (χ3n) is 4.41. The molecule has 0 spiro atoms. The van der Waals surface area contributed by atoms with Gasteiger partial charge in [0.15, 0.2) is 0 Å². The first-order chi connectivity index (χ1) is 11.3. The number of carbonyl (C=O) groups is 1. The minimum absolute atomic E-state index is 0.0160. The molecule has 0 saturated heterocycles. The lowest BCUT2D eigenvalue weighted by atomic mass is 9.94. The molecule has 1 aromatic rings. The number of halogens is 4. The Morgan fingerprint density at radius 1 is 1.29 bits per heavy atom. The Balaban J connectivity index is 2.06. The Morgan fingerprint density at radius 3 is 2.54 bits per heavy atom. The van der Waals surface area contributed by atoms with Crippen LogP contribution in [0.4, 0.5) is 18.9 Å². The van der Waals surface area contributed by atoms with Crippen LogP contribution in [0.1, 0.15) is 44.6 Å². The van der Waals surface area contributed by atoms with E-state index in [0.29, 0.717) is 12.6 Å². The number of amides is 1. The van der Waals surface area contributed by atoms with Crippen LogP contribution in [0, 0.1) is 0 Å². The predicted octanol–water partition coefficient (Wildman–Crippen LogP) is 4.95. The Bertz CT molecular complexity index is 571. The third kappa shape index (κ3) is 5.11. The largest absolute Gasteiger partial charge is 0.418 e. The summed E-state index contributed by atoms with van der Waals surface area (Å²) >= 11 is 5.65. The third-order valence-corrected chi connectivity index (χ3v) is 4.64. The van der Waals surface area contributed by atoms with Crippen molar-refractivity contribution in [3.05, 3.63) is 28.8 Å². The lowest BCUT2D eigenvalue weighted by Crippen LogP contribution is -2.41. The molecule has 0 heterocycles. The summed E-state index contributed by atoms with van der Waals surface area (Å²) in [5, 5.41) is 2.37. The number of nitrogens with one attached hydrogen (secondary N) is 1. The van der Waals surface area contributed by atoms with Gasteiger partial charge >= 0.3 is 6.18 Å². The summed E-state index contributed by atoms with van der Waals surface area (Å²) in [5.74, 6) is -0.435. The highest BCUT2D eigenvalue weighted by atomic mass is 35.5. The van der Waals surface area contributed by atoms with Gasteiger partial charge in [0, 0.05) is 11.1 Å². The van der Waals surface area contributed by atoms with E-state index in [4.69, 9.17) is 11.6 Å². The summed E-state index contributed by atoms with van der Waals surface area (Å²) in [7, 11) is 0. The fraction of sp³-hybridized carbons (Fsp3) is 0.588. The molecule has 0 aliphatic heterocycles. The molecule has 2 rings (SSSR count). The number of benzene rings is 1. The van der Waals surface area contributed by atoms with Gasteiger partial charge in [-0.1, -0.05) is 37.8 Å². The van der Waals surface area contributed by atoms with Crippen LogP contribution in [0.25, 0.3) is 0 Å². The van der Waals surface area contributed by atoms with E-state index in [9.17, 15) is 18.0 Å². The molecular formula is C17H22ClF3N2O. The second-order valence-electron chi connectivity index (χ2n) is 6.09. The minimum Gasteiger partial charge on any atom is -0.324 e. The quantitative estimate of drug-likeness (QED) is 0.803. The van der Waals surface area contributed by atoms with Crippen LogP contribution < -0.4 is 5.32 Å². The molecule has 1 fully saturated rings. The van der Waals surface area contributed by atoms with Gasteiger partial charge in [0.2, 0.25) is 5.91 Å². The van der Waals surface area contributed by atoms with Crippen LogP contribution >= 0.6 is 11.6 Å². The van der Waals surface area contributed by atoms with Gasteiger partial charge in [0.25, 0.3) is 0 Å². The van der Waals surface area contributed by atoms with E-state index in [1.54, 1.807) is 0 Å². The van der Waals surface area contributed by atoms with E-state index in [2.05, 4.69) is 5.32 Å². The number of likely N-dealkylation sites (N-methyl/N-ethyl adjacent to an activating group) is 1. The van der Waals surface area contributed by atoms with Crippen molar-refractivity contribution in [2.45, 2.75) is 51.2 Å². The molecule has 1 N–H and O–H groups in total. The maximum absolute atomic E-state index is 13.1. The standard InChI is InChI=1S/C17H22ClF3N2O/c1-2-23(13-6-4-3-5-7-13)11-16(24)22-15-9-8-12(18)10-14(15)17(19,20)21/h8-10,13H,2-7,11H2,1H3,(H,22,24). The molecule has 0 bridgehead atoms. The topological polar surface area (TPSA) is 32.3 Å². The second-order valence-corrected chi connectivity index (χ2v) is 6.53. The molecular weight excluding hydrogens is 341 g/mol. The second kappa shape index (κ2) is 8.21. The first kappa shape index (κ1) is 19.1. The molecule has 0 radical (unpaired) electrons. The number of hydrogen-bond acceptors (Lipinski definition) is 2. The van der Waals surface area contributed by atoms with Gasteiger partial charge in [0.1, 0.15) is 0 Å². The lowest BCUT2D eigenvalue weighted by Gasteiger charge is -2.33. The lowest BCUT2D eigenvalue weighted by molar-refractivity contribution is -0.137. The molecule has 0 aromatic heterocycles. The summed E-state index contributed by atoms with van der Waals surface area (Å²) in [6.07, 6.45) is 0.989. The normalized spacial score (nSPS) is 16.4. The molecule has 134 valence electrons. The smallest absolute Gasteiger partial charge is 0.324 e. The fourth-order valence-electron chi connectivity index (χ4n) is 3.18. The van der Waals surface area contributed by atoms with Gasteiger partial charge in [-0.3, -0.25) is 9.69 Å². The average Bonchev–Trinajstić information content (AvgIpc) is 2.54.